The number of ether oxygens (including phenoxy) is 1. The standard InChI is InChI=1S/C14H22N4O2S/c1-2-3-8-20-9-7-16-13(19)11-12(15)18-14(21-11)17-10-5-4-6-10/h2,10H,1,3-9,15H2,(H,16,19)(H,17,18). The lowest BCUT2D eigenvalue weighted by Crippen LogP contribution is -2.27. The molecule has 6 nitrogen and oxygen atoms in total. The monoisotopic (exact) mass is 310 g/mol. The number of hydrogen-bond acceptors (Lipinski definition) is 6. The smallest absolute Gasteiger partial charge is 0.265 e. The lowest BCUT2D eigenvalue weighted by molar-refractivity contribution is 0.0922. The number of rotatable bonds is 9. The number of hydrogen-bond donors (Lipinski definition) is 3. The number of nitrogen functional groups attached to an aromatic ring is 1. The maximum absolute atomic E-state index is 12.0. The molecule has 21 heavy (non-hydrogen) atoms. The van der Waals surface area contributed by atoms with Crippen LogP contribution in [0.2, 0.25) is 0 Å². The molecule has 0 unspecified atom stereocenters. The van der Waals surface area contributed by atoms with Gasteiger partial charge in [0.1, 0.15) is 10.7 Å². The molecule has 1 aliphatic carbocycles. The van der Waals surface area contributed by atoms with Crippen molar-refractivity contribution in [3.05, 3.63) is 17.5 Å². The quantitative estimate of drug-likeness (QED) is 0.479. The number of nitrogens with zero attached hydrogens (tertiary/aromatic N) is 1. The molecule has 4 N–H and O–H groups in total. The fraction of sp³-hybridized carbons (Fsp3) is 0.571. The average Bonchev–Trinajstić information content (AvgIpc) is 2.79. The van der Waals surface area contributed by atoms with Crippen molar-refractivity contribution in [2.75, 3.05) is 30.8 Å². The first kappa shape index (κ1) is 15.8. The Morgan fingerprint density at radius 2 is 2.33 bits per heavy atom. The van der Waals surface area contributed by atoms with Gasteiger partial charge in [0.25, 0.3) is 5.91 Å². The predicted molar refractivity (Wildman–Crippen MR) is 85.8 cm³/mol. The Morgan fingerprint density at radius 3 is 3.00 bits per heavy atom. The zero-order valence-corrected chi connectivity index (χ0v) is 12.9. The molecular formula is C14H22N4O2S. The molecule has 1 aromatic rings. The number of nitrogens with two attached hydrogens (primary N) is 1. The molecule has 0 saturated heterocycles. The lowest BCUT2D eigenvalue weighted by atomic mass is 9.93. The van der Waals surface area contributed by atoms with Crippen LogP contribution >= 0.6 is 11.3 Å². The van der Waals surface area contributed by atoms with E-state index >= 15 is 0 Å². The van der Waals surface area contributed by atoms with Crippen molar-refractivity contribution in [1.82, 2.24) is 10.3 Å². The van der Waals surface area contributed by atoms with Crippen molar-refractivity contribution in [3.63, 3.8) is 0 Å². The van der Waals surface area contributed by atoms with Gasteiger partial charge in [-0.25, -0.2) is 4.98 Å². The van der Waals surface area contributed by atoms with Gasteiger partial charge in [0.05, 0.1) is 13.2 Å². The molecule has 1 saturated carbocycles. The Kier molecular flexibility index (Phi) is 6.01. The van der Waals surface area contributed by atoms with Crippen LogP contribution in [0.3, 0.4) is 0 Å². The van der Waals surface area contributed by atoms with Crippen molar-refractivity contribution in [2.45, 2.75) is 31.7 Å². The summed E-state index contributed by atoms with van der Waals surface area (Å²) in [4.78, 5) is 16.7. The Balaban J connectivity index is 1.74. The van der Waals surface area contributed by atoms with Gasteiger partial charge in [-0.1, -0.05) is 17.4 Å². The van der Waals surface area contributed by atoms with Gasteiger partial charge in [-0.15, -0.1) is 6.58 Å². The molecule has 0 atom stereocenters. The molecule has 0 radical (unpaired) electrons. The van der Waals surface area contributed by atoms with E-state index in [4.69, 9.17) is 10.5 Å². The molecular weight excluding hydrogens is 288 g/mol. The molecule has 1 amide bonds. The Bertz CT molecular complexity index is 485. The Labute approximate surface area is 128 Å². The van der Waals surface area contributed by atoms with Gasteiger partial charge in [-0.3, -0.25) is 4.79 Å². The van der Waals surface area contributed by atoms with Crippen LogP contribution in [-0.2, 0) is 4.74 Å². The third-order valence-electron chi connectivity index (χ3n) is 3.29. The molecule has 1 aromatic heterocycles. The van der Waals surface area contributed by atoms with E-state index in [1.54, 1.807) is 6.08 Å². The van der Waals surface area contributed by atoms with E-state index in [-0.39, 0.29) is 11.7 Å². The van der Waals surface area contributed by atoms with Crippen molar-refractivity contribution < 1.29 is 9.53 Å². The normalized spacial score (nSPS) is 14.5. The summed E-state index contributed by atoms with van der Waals surface area (Å²) in [5.74, 6) is 0.0888. The van der Waals surface area contributed by atoms with E-state index in [9.17, 15) is 4.79 Å². The fourth-order valence-electron chi connectivity index (χ4n) is 1.87. The van der Waals surface area contributed by atoms with Crippen LogP contribution < -0.4 is 16.4 Å². The van der Waals surface area contributed by atoms with Crippen molar-refractivity contribution in [1.29, 1.82) is 0 Å². The molecule has 0 aromatic carbocycles. The molecule has 1 heterocycles. The summed E-state index contributed by atoms with van der Waals surface area (Å²) in [7, 11) is 0. The maximum Gasteiger partial charge on any atom is 0.265 e. The second-order valence-corrected chi connectivity index (χ2v) is 5.95. The van der Waals surface area contributed by atoms with Gasteiger partial charge in [-0.2, -0.15) is 0 Å². The first-order valence-corrected chi connectivity index (χ1v) is 8.02. The van der Waals surface area contributed by atoms with E-state index in [1.807, 2.05) is 0 Å². The second kappa shape index (κ2) is 7.99. The predicted octanol–water partition coefficient (Wildman–Crippen LogP) is 2.01. The molecule has 1 fully saturated rings. The topological polar surface area (TPSA) is 89.3 Å². The van der Waals surface area contributed by atoms with E-state index in [0.717, 1.165) is 24.4 Å². The first-order chi connectivity index (χ1) is 10.2. The number of carbonyl (C=O) groups is 1. The number of nitrogens with one attached hydrogen (secondary N) is 2. The van der Waals surface area contributed by atoms with Crippen LogP contribution in [0.4, 0.5) is 10.9 Å². The van der Waals surface area contributed by atoms with E-state index < -0.39 is 0 Å². The summed E-state index contributed by atoms with van der Waals surface area (Å²) in [6, 6.07) is 0.477. The van der Waals surface area contributed by atoms with E-state index in [2.05, 4.69) is 22.2 Å². The first-order valence-electron chi connectivity index (χ1n) is 7.20. The highest BCUT2D eigenvalue weighted by molar-refractivity contribution is 7.18. The zero-order chi connectivity index (χ0) is 15.1. The molecule has 7 heteroatoms. The average molecular weight is 310 g/mol. The van der Waals surface area contributed by atoms with Crippen LogP contribution in [0.15, 0.2) is 12.7 Å². The van der Waals surface area contributed by atoms with Crippen LogP contribution in [0, 0.1) is 0 Å². The fourth-order valence-corrected chi connectivity index (χ4v) is 2.75. The Morgan fingerprint density at radius 1 is 1.52 bits per heavy atom. The highest BCUT2D eigenvalue weighted by atomic mass is 32.1. The summed E-state index contributed by atoms with van der Waals surface area (Å²) in [5.41, 5.74) is 5.80. The van der Waals surface area contributed by atoms with E-state index in [1.165, 1.54) is 17.8 Å². The van der Waals surface area contributed by atoms with Gasteiger partial charge in [-0.05, 0) is 25.7 Å². The summed E-state index contributed by atoms with van der Waals surface area (Å²) in [6.07, 6.45) is 6.17. The summed E-state index contributed by atoms with van der Waals surface area (Å²) < 4.78 is 5.33. The largest absolute Gasteiger partial charge is 0.382 e. The number of thiazole rings is 1. The third-order valence-corrected chi connectivity index (χ3v) is 4.29. The summed E-state index contributed by atoms with van der Waals surface area (Å²) in [6.45, 7) is 5.17. The van der Waals surface area contributed by atoms with Crippen molar-refractivity contribution in [2.24, 2.45) is 0 Å². The summed E-state index contributed by atoms with van der Waals surface area (Å²) in [5, 5.41) is 6.81. The third kappa shape index (κ3) is 4.71. The van der Waals surface area contributed by atoms with Crippen LogP contribution in [0.5, 0.6) is 0 Å². The van der Waals surface area contributed by atoms with E-state index in [0.29, 0.717) is 30.7 Å². The summed E-state index contributed by atoms with van der Waals surface area (Å²) >= 11 is 1.30. The molecule has 116 valence electrons. The number of aromatic nitrogens is 1. The van der Waals surface area contributed by atoms with Gasteiger partial charge in [0.2, 0.25) is 0 Å². The number of anilines is 2. The minimum atomic E-state index is -0.195. The van der Waals surface area contributed by atoms with Crippen LogP contribution in [0.25, 0.3) is 0 Å². The van der Waals surface area contributed by atoms with Crippen LogP contribution in [0.1, 0.15) is 35.4 Å². The molecule has 0 aliphatic heterocycles. The van der Waals surface area contributed by atoms with Gasteiger partial charge in [0.15, 0.2) is 5.13 Å². The van der Waals surface area contributed by atoms with Crippen molar-refractivity contribution in [3.8, 4) is 0 Å². The van der Waals surface area contributed by atoms with Gasteiger partial charge in [0, 0.05) is 12.6 Å². The zero-order valence-electron chi connectivity index (χ0n) is 12.1. The van der Waals surface area contributed by atoms with Crippen molar-refractivity contribution >= 4 is 28.2 Å². The minimum absolute atomic E-state index is 0.195. The molecule has 0 bridgehead atoms. The molecule has 0 spiro atoms. The number of carbonyl (C=O) groups excluding carboxylic acids is 1. The minimum Gasteiger partial charge on any atom is -0.382 e. The highest BCUT2D eigenvalue weighted by Gasteiger charge is 2.21. The second-order valence-electron chi connectivity index (χ2n) is 4.95. The Hall–Kier alpha value is -1.60. The lowest BCUT2D eigenvalue weighted by Gasteiger charge is -2.25. The highest BCUT2D eigenvalue weighted by Crippen LogP contribution is 2.29. The van der Waals surface area contributed by atoms with Gasteiger partial charge >= 0.3 is 0 Å². The van der Waals surface area contributed by atoms with Crippen LogP contribution in [-0.4, -0.2) is 36.7 Å². The number of amides is 1. The van der Waals surface area contributed by atoms with Gasteiger partial charge < -0.3 is 21.1 Å². The molecule has 1 aliphatic rings. The maximum atomic E-state index is 12.0. The SMILES string of the molecule is C=CCCOCCNC(=O)c1sc(NC2CCC2)nc1N. The molecule has 2 rings (SSSR count).